The van der Waals surface area contributed by atoms with Crippen LogP contribution in [-0.2, 0) is 19.1 Å². The van der Waals surface area contributed by atoms with Gasteiger partial charge >= 0.3 is 18.2 Å². The highest BCUT2D eigenvalue weighted by Gasteiger charge is 2.47. The Labute approximate surface area is 120 Å². The molecular weight excluding hydrogens is 264 g/mol. The Kier molecular flexibility index (Phi) is 10.0. The molecule has 0 saturated heterocycles. The molecular formula is C14H25O6. The fraction of sp³-hybridized carbons (Fsp3) is 0.857. The van der Waals surface area contributed by atoms with E-state index in [2.05, 4.69) is 11.7 Å². The number of hydrogen-bond donors (Lipinski definition) is 2. The van der Waals surface area contributed by atoms with Crippen molar-refractivity contribution in [3.63, 3.8) is 0 Å². The smallest absolute Gasteiger partial charge is 0.420 e. The van der Waals surface area contributed by atoms with Gasteiger partial charge in [0.2, 0.25) is 0 Å². The van der Waals surface area contributed by atoms with Crippen LogP contribution in [0.15, 0.2) is 0 Å². The number of ether oxygens (including phenoxy) is 2. The third-order valence-electron chi connectivity index (χ3n) is 3.00. The number of carbonyl (C=O) groups is 1. The fourth-order valence-corrected chi connectivity index (χ4v) is 1.70. The highest BCUT2D eigenvalue weighted by Crippen LogP contribution is 2.19. The van der Waals surface area contributed by atoms with E-state index in [4.69, 9.17) is 4.74 Å². The Bertz CT molecular complexity index is 281. The number of unbranched alkanes of at least 4 members (excludes halogenated alkanes) is 4. The Morgan fingerprint density at radius 1 is 1.20 bits per heavy atom. The molecule has 2 unspecified atom stereocenters. The summed E-state index contributed by atoms with van der Waals surface area (Å²) >= 11 is 0. The Balaban J connectivity index is 4.39. The van der Waals surface area contributed by atoms with Crippen LogP contribution in [0.1, 0.15) is 58.8 Å². The van der Waals surface area contributed by atoms with Crippen LogP contribution in [0.4, 0.5) is 0 Å². The van der Waals surface area contributed by atoms with Crippen molar-refractivity contribution in [3.05, 3.63) is 0 Å². The summed E-state index contributed by atoms with van der Waals surface area (Å²) in [7, 11) is 0. The van der Waals surface area contributed by atoms with Crippen molar-refractivity contribution in [1.82, 2.24) is 0 Å². The molecule has 0 amide bonds. The summed E-state index contributed by atoms with van der Waals surface area (Å²) in [6, 6.07) is 0. The van der Waals surface area contributed by atoms with Gasteiger partial charge in [-0.1, -0.05) is 46.0 Å². The number of hydrogen-bond acceptors (Lipinski definition) is 6. The monoisotopic (exact) mass is 289 g/mol. The quantitative estimate of drug-likeness (QED) is 0.321. The van der Waals surface area contributed by atoms with Crippen LogP contribution in [-0.4, -0.2) is 41.2 Å². The highest BCUT2D eigenvalue weighted by atomic mass is 16.7. The van der Waals surface area contributed by atoms with Crippen LogP contribution >= 0.6 is 0 Å². The van der Waals surface area contributed by atoms with E-state index in [0.29, 0.717) is 12.8 Å². The normalized spacial score (nSPS) is 15.2. The zero-order valence-corrected chi connectivity index (χ0v) is 12.3. The van der Waals surface area contributed by atoms with Gasteiger partial charge in [-0.05, 0) is 12.8 Å². The zero-order chi connectivity index (χ0) is 15.4. The van der Waals surface area contributed by atoms with Crippen LogP contribution in [0.5, 0.6) is 0 Å². The highest BCUT2D eigenvalue weighted by molar-refractivity contribution is 5.79. The largest absolute Gasteiger partial charge is 0.461 e. The molecule has 0 fully saturated rings. The van der Waals surface area contributed by atoms with Crippen molar-refractivity contribution < 1.29 is 29.3 Å². The predicted molar refractivity (Wildman–Crippen MR) is 72.4 cm³/mol. The van der Waals surface area contributed by atoms with E-state index in [1.165, 1.54) is 0 Å². The third kappa shape index (κ3) is 6.34. The lowest BCUT2D eigenvalue weighted by molar-refractivity contribution is -0.235. The number of aliphatic hydroxyl groups excluding tert-OH is 1. The average molecular weight is 289 g/mol. The lowest BCUT2D eigenvalue weighted by Crippen LogP contribution is -2.52. The van der Waals surface area contributed by atoms with Gasteiger partial charge in [-0.2, -0.15) is 0 Å². The molecule has 0 rings (SSSR count). The van der Waals surface area contributed by atoms with Crippen molar-refractivity contribution in [2.45, 2.75) is 70.7 Å². The predicted octanol–water partition coefficient (Wildman–Crippen LogP) is 1.43. The number of aliphatic hydroxyl groups is 2. The summed E-state index contributed by atoms with van der Waals surface area (Å²) in [4.78, 5) is 22.0. The second-order valence-corrected chi connectivity index (χ2v) is 4.74. The van der Waals surface area contributed by atoms with Gasteiger partial charge in [0.15, 0.2) is 0 Å². The van der Waals surface area contributed by atoms with E-state index in [9.17, 15) is 19.8 Å². The number of carbonyl (C=O) groups excluding carboxylic acids is 2. The molecule has 117 valence electrons. The molecule has 2 atom stereocenters. The number of esters is 1. The standard InChI is InChI=1S/C14H25O6/c1-3-5-7-8-10-19-13(17)14(18,20-11-15)12(16)9-6-4-2/h12,16,18H,3-10H2,1-2H3. The van der Waals surface area contributed by atoms with Crippen LogP contribution in [0.25, 0.3) is 0 Å². The maximum atomic E-state index is 11.8. The van der Waals surface area contributed by atoms with E-state index in [1.807, 2.05) is 6.92 Å². The topological polar surface area (TPSA) is 93.1 Å². The fourth-order valence-electron chi connectivity index (χ4n) is 1.70. The molecule has 2 N–H and O–H groups in total. The first-order chi connectivity index (χ1) is 9.52. The van der Waals surface area contributed by atoms with Gasteiger partial charge in [0.25, 0.3) is 0 Å². The molecule has 0 aromatic rings. The van der Waals surface area contributed by atoms with E-state index < -0.39 is 17.9 Å². The molecule has 0 bridgehead atoms. The van der Waals surface area contributed by atoms with Gasteiger partial charge in [-0.25, -0.2) is 9.59 Å². The zero-order valence-electron chi connectivity index (χ0n) is 12.3. The summed E-state index contributed by atoms with van der Waals surface area (Å²) in [6.07, 6.45) is 3.59. The van der Waals surface area contributed by atoms with E-state index in [0.717, 1.165) is 32.2 Å². The Hall–Kier alpha value is -1.14. The van der Waals surface area contributed by atoms with E-state index in [-0.39, 0.29) is 13.0 Å². The molecule has 6 nitrogen and oxygen atoms in total. The Morgan fingerprint density at radius 3 is 2.40 bits per heavy atom. The minimum Gasteiger partial charge on any atom is -0.461 e. The van der Waals surface area contributed by atoms with Crippen molar-refractivity contribution >= 4 is 12.4 Å². The van der Waals surface area contributed by atoms with Gasteiger partial charge in [-0.15, -0.1) is 0 Å². The second kappa shape index (κ2) is 10.6. The van der Waals surface area contributed by atoms with Crippen molar-refractivity contribution in [1.29, 1.82) is 0 Å². The van der Waals surface area contributed by atoms with Crippen molar-refractivity contribution in [2.75, 3.05) is 6.61 Å². The molecule has 1 radical (unpaired) electrons. The summed E-state index contributed by atoms with van der Waals surface area (Å²) in [5.74, 6) is -3.82. The van der Waals surface area contributed by atoms with Gasteiger partial charge in [0.05, 0.1) is 6.61 Å². The lowest BCUT2D eigenvalue weighted by Gasteiger charge is -2.27. The summed E-state index contributed by atoms with van der Waals surface area (Å²) in [6.45, 7) is 5.06. The van der Waals surface area contributed by atoms with E-state index in [1.54, 1.807) is 0 Å². The molecule has 0 saturated carbocycles. The molecule has 0 aliphatic heterocycles. The molecule has 0 aliphatic carbocycles. The first-order valence-electron chi connectivity index (χ1n) is 7.15. The first kappa shape index (κ1) is 18.9. The first-order valence-corrected chi connectivity index (χ1v) is 7.15. The average Bonchev–Trinajstić information content (AvgIpc) is 2.44. The third-order valence-corrected chi connectivity index (χ3v) is 3.00. The van der Waals surface area contributed by atoms with Crippen LogP contribution < -0.4 is 0 Å². The maximum absolute atomic E-state index is 11.8. The minimum absolute atomic E-state index is 0.115. The molecule has 0 aromatic carbocycles. The van der Waals surface area contributed by atoms with Gasteiger partial charge in [-0.3, -0.25) is 0 Å². The van der Waals surface area contributed by atoms with Crippen molar-refractivity contribution in [2.24, 2.45) is 0 Å². The summed E-state index contributed by atoms with van der Waals surface area (Å²) in [5.41, 5.74) is 0. The molecule has 0 heterocycles. The SMILES string of the molecule is CCCCCCOC(=O)C(O)(O[C]=O)C(O)CCCC. The van der Waals surface area contributed by atoms with Crippen molar-refractivity contribution in [3.8, 4) is 0 Å². The van der Waals surface area contributed by atoms with Crippen LogP contribution in [0.2, 0.25) is 0 Å². The van der Waals surface area contributed by atoms with Gasteiger partial charge in [0.1, 0.15) is 6.10 Å². The molecule has 0 spiro atoms. The van der Waals surface area contributed by atoms with Crippen LogP contribution in [0.3, 0.4) is 0 Å². The van der Waals surface area contributed by atoms with Gasteiger partial charge < -0.3 is 19.7 Å². The molecule has 6 heteroatoms. The lowest BCUT2D eigenvalue weighted by atomic mass is 10.0. The summed E-state index contributed by atoms with van der Waals surface area (Å²) < 4.78 is 9.11. The molecule has 20 heavy (non-hydrogen) atoms. The molecule has 0 aliphatic rings. The maximum Gasteiger partial charge on any atom is 0.420 e. The Morgan fingerprint density at radius 2 is 1.85 bits per heavy atom. The van der Waals surface area contributed by atoms with Gasteiger partial charge in [0, 0.05) is 0 Å². The second-order valence-electron chi connectivity index (χ2n) is 4.74. The van der Waals surface area contributed by atoms with Crippen LogP contribution in [0, 0.1) is 0 Å². The summed E-state index contributed by atoms with van der Waals surface area (Å²) in [5, 5.41) is 19.8. The number of rotatable bonds is 12. The molecule has 0 aromatic heterocycles. The van der Waals surface area contributed by atoms with E-state index >= 15 is 0 Å². The minimum atomic E-state index is -2.67.